The molecule has 6 nitrogen and oxygen atoms in total. The van der Waals surface area contributed by atoms with Crippen LogP contribution < -0.4 is 20.1 Å². The fourth-order valence-electron chi connectivity index (χ4n) is 2.39. The number of fused-ring (bicyclic) bond motifs is 1. The Kier molecular flexibility index (Phi) is 4.84. The molecule has 0 unspecified atom stereocenters. The van der Waals surface area contributed by atoms with Crippen LogP contribution in [0.2, 0.25) is 0 Å². The summed E-state index contributed by atoms with van der Waals surface area (Å²) in [6.45, 7) is 6.10. The molecule has 26 heavy (non-hydrogen) atoms. The fraction of sp³-hybridized carbons (Fsp3) is 0.300. The van der Waals surface area contributed by atoms with Gasteiger partial charge in [-0.3, -0.25) is 9.59 Å². The summed E-state index contributed by atoms with van der Waals surface area (Å²) >= 11 is 0. The van der Waals surface area contributed by atoms with Crippen molar-refractivity contribution >= 4 is 17.5 Å². The maximum Gasteiger partial charge on any atom is 0.251 e. The zero-order valence-electron chi connectivity index (χ0n) is 15.1. The van der Waals surface area contributed by atoms with Crippen molar-refractivity contribution < 1.29 is 19.1 Å². The molecule has 1 aliphatic rings. The summed E-state index contributed by atoms with van der Waals surface area (Å²) in [5.74, 6) is 1.08. The van der Waals surface area contributed by atoms with E-state index in [1.807, 2.05) is 39.0 Å². The molecule has 2 aromatic carbocycles. The highest BCUT2D eigenvalue weighted by Crippen LogP contribution is 2.32. The van der Waals surface area contributed by atoms with Gasteiger partial charge in [-0.05, 0) is 35.9 Å². The van der Waals surface area contributed by atoms with E-state index in [0.717, 1.165) is 5.56 Å². The third-order valence-corrected chi connectivity index (χ3v) is 3.95. The summed E-state index contributed by atoms with van der Waals surface area (Å²) in [6, 6.07) is 12.4. The van der Waals surface area contributed by atoms with Gasteiger partial charge in [0.2, 0.25) is 12.7 Å². The predicted molar refractivity (Wildman–Crippen MR) is 98.3 cm³/mol. The van der Waals surface area contributed by atoms with Crippen LogP contribution in [0.4, 0.5) is 5.69 Å². The van der Waals surface area contributed by atoms with E-state index in [4.69, 9.17) is 9.47 Å². The second-order valence-electron chi connectivity index (χ2n) is 7.16. The van der Waals surface area contributed by atoms with E-state index in [2.05, 4.69) is 10.6 Å². The van der Waals surface area contributed by atoms with Gasteiger partial charge in [-0.15, -0.1) is 0 Å². The lowest BCUT2D eigenvalue weighted by atomic mass is 9.95. The average molecular weight is 354 g/mol. The number of hydrogen-bond donors (Lipinski definition) is 2. The number of rotatable bonds is 4. The molecule has 3 rings (SSSR count). The summed E-state index contributed by atoms with van der Waals surface area (Å²) in [5, 5.41) is 5.70. The van der Waals surface area contributed by atoms with Gasteiger partial charge >= 0.3 is 0 Å². The Balaban J connectivity index is 1.63. The van der Waals surface area contributed by atoms with Crippen molar-refractivity contribution in [3.8, 4) is 11.5 Å². The zero-order chi connectivity index (χ0) is 18.7. The minimum absolute atomic E-state index is 0.101. The number of nitrogens with one attached hydrogen (secondary N) is 2. The molecule has 0 saturated heterocycles. The number of anilines is 1. The normalized spacial score (nSPS) is 12.6. The van der Waals surface area contributed by atoms with E-state index in [1.165, 1.54) is 0 Å². The number of hydrogen-bond acceptors (Lipinski definition) is 4. The van der Waals surface area contributed by atoms with Crippen LogP contribution in [-0.2, 0) is 11.3 Å². The van der Waals surface area contributed by atoms with Crippen LogP contribution >= 0.6 is 0 Å². The molecular weight excluding hydrogens is 332 g/mol. The fourth-order valence-corrected chi connectivity index (χ4v) is 2.39. The zero-order valence-corrected chi connectivity index (χ0v) is 15.1. The molecule has 1 heterocycles. The van der Waals surface area contributed by atoms with E-state index in [0.29, 0.717) is 29.3 Å². The molecule has 0 aliphatic carbocycles. The monoisotopic (exact) mass is 354 g/mol. The summed E-state index contributed by atoms with van der Waals surface area (Å²) in [5.41, 5.74) is 1.50. The molecule has 0 bridgehead atoms. The van der Waals surface area contributed by atoms with Gasteiger partial charge in [0, 0.05) is 23.2 Å². The quantitative estimate of drug-likeness (QED) is 0.883. The van der Waals surface area contributed by atoms with Crippen LogP contribution in [0.25, 0.3) is 0 Å². The standard InChI is InChI=1S/C20H22N2O4/c1-20(2,3)19(24)22-15-6-4-5-14(10-15)18(23)21-11-13-7-8-16-17(9-13)26-12-25-16/h4-10H,11-12H2,1-3H3,(H,21,23)(H,22,24). The van der Waals surface area contributed by atoms with Gasteiger partial charge in [-0.25, -0.2) is 0 Å². The van der Waals surface area contributed by atoms with E-state index in [1.54, 1.807) is 24.3 Å². The highest BCUT2D eigenvalue weighted by molar-refractivity contribution is 5.98. The second kappa shape index (κ2) is 7.07. The number of benzene rings is 2. The molecule has 0 radical (unpaired) electrons. The highest BCUT2D eigenvalue weighted by atomic mass is 16.7. The van der Waals surface area contributed by atoms with E-state index < -0.39 is 5.41 Å². The number of carbonyl (C=O) groups excluding carboxylic acids is 2. The molecular formula is C20H22N2O4. The molecule has 6 heteroatoms. The molecule has 2 amide bonds. The summed E-state index contributed by atoms with van der Waals surface area (Å²) < 4.78 is 10.6. The molecule has 136 valence electrons. The van der Waals surface area contributed by atoms with Gasteiger partial charge in [0.05, 0.1) is 0 Å². The largest absolute Gasteiger partial charge is 0.454 e. The Morgan fingerprint density at radius 1 is 1.04 bits per heavy atom. The first-order valence-corrected chi connectivity index (χ1v) is 8.41. The van der Waals surface area contributed by atoms with Crippen molar-refractivity contribution in [2.75, 3.05) is 12.1 Å². The highest BCUT2D eigenvalue weighted by Gasteiger charge is 2.21. The van der Waals surface area contributed by atoms with Crippen molar-refractivity contribution in [1.82, 2.24) is 5.32 Å². The van der Waals surface area contributed by atoms with Crippen LogP contribution in [0, 0.1) is 5.41 Å². The maximum absolute atomic E-state index is 12.4. The third kappa shape index (κ3) is 4.14. The van der Waals surface area contributed by atoms with Gasteiger partial charge in [0.15, 0.2) is 11.5 Å². The van der Waals surface area contributed by atoms with Crippen molar-refractivity contribution in [2.45, 2.75) is 27.3 Å². The van der Waals surface area contributed by atoms with Crippen molar-refractivity contribution in [1.29, 1.82) is 0 Å². The number of amides is 2. The maximum atomic E-state index is 12.4. The Bertz CT molecular complexity index is 840. The molecule has 2 N–H and O–H groups in total. The van der Waals surface area contributed by atoms with E-state index in [-0.39, 0.29) is 18.6 Å². The van der Waals surface area contributed by atoms with E-state index in [9.17, 15) is 9.59 Å². The van der Waals surface area contributed by atoms with Crippen molar-refractivity contribution in [2.24, 2.45) is 5.41 Å². The van der Waals surface area contributed by atoms with Gasteiger partial charge in [0.1, 0.15) is 0 Å². The van der Waals surface area contributed by atoms with Gasteiger partial charge in [-0.2, -0.15) is 0 Å². The first-order valence-electron chi connectivity index (χ1n) is 8.41. The molecule has 0 atom stereocenters. The topological polar surface area (TPSA) is 76.7 Å². The lowest BCUT2D eigenvalue weighted by Crippen LogP contribution is -2.28. The van der Waals surface area contributed by atoms with Gasteiger partial charge < -0.3 is 20.1 Å². The van der Waals surface area contributed by atoms with Crippen LogP contribution in [0.15, 0.2) is 42.5 Å². The summed E-state index contributed by atoms with van der Waals surface area (Å²) in [6.07, 6.45) is 0. The Labute approximate surface area is 152 Å². The van der Waals surface area contributed by atoms with Crippen molar-refractivity contribution in [3.05, 3.63) is 53.6 Å². The van der Waals surface area contributed by atoms with Crippen LogP contribution in [-0.4, -0.2) is 18.6 Å². The van der Waals surface area contributed by atoms with Gasteiger partial charge in [-0.1, -0.05) is 32.9 Å². The SMILES string of the molecule is CC(C)(C)C(=O)Nc1cccc(C(=O)NCc2ccc3c(c2)OCO3)c1. The van der Waals surface area contributed by atoms with Crippen LogP contribution in [0.5, 0.6) is 11.5 Å². The summed E-state index contributed by atoms with van der Waals surface area (Å²) in [4.78, 5) is 24.5. The second-order valence-corrected chi connectivity index (χ2v) is 7.16. The van der Waals surface area contributed by atoms with Gasteiger partial charge in [0.25, 0.3) is 5.91 Å². The number of ether oxygens (including phenoxy) is 2. The molecule has 0 saturated carbocycles. The smallest absolute Gasteiger partial charge is 0.251 e. The minimum Gasteiger partial charge on any atom is -0.454 e. The van der Waals surface area contributed by atoms with E-state index >= 15 is 0 Å². The third-order valence-electron chi connectivity index (χ3n) is 3.95. The predicted octanol–water partition coefficient (Wildman–Crippen LogP) is 3.33. The molecule has 0 spiro atoms. The van der Waals surface area contributed by atoms with Crippen LogP contribution in [0.3, 0.4) is 0 Å². The first-order chi connectivity index (χ1) is 12.3. The average Bonchev–Trinajstić information content (AvgIpc) is 3.06. The van der Waals surface area contributed by atoms with Crippen molar-refractivity contribution in [3.63, 3.8) is 0 Å². The minimum atomic E-state index is -0.502. The first kappa shape index (κ1) is 17.8. The Morgan fingerprint density at radius 2 is 1.81 bits per heavy atom. The summed E-state index contributed by atoms with van der Waals surface area (Å²) in [7, 11) is 0. The lowest BCUT2D eigenvalue weighted by Gasteiger charge is -2.18. The van der Waals surface area contributed by atoms with Crippen LogP contribution in [0.1, 0.15) is 36.7 Å². The molecule has 0 fully saturated rings. The molecule has 0 aromatic heterocycles. The number of carbonyl (C=O) groups is 2. The Hall–Kier alpha value is -3.02. The lowest BCUT2D eigenvalue weighted by molar-refractivity contribution is -0.123. The molecule has 1 aliphatic heterocycles. The molecule has 2 aromatic rings. The Morgan fingerprint density at radius 3 is 2.58 bits per heavy atom.